The molecule has 0 atom stereocenters. The van der Waals surface area contributed by atoms with E-state index in [0.29, 0.717) is 19.6 Å². The second-order valence-electron chi connectivity index (χ2n) is 7.47. The fraction of sp³-hybridized carbons (Fsp3) is 0.167. The summed E-state index contributed by atoms with van der Waals surface area (Å²) in [5, 5.41) is 8.80. The number of aryl methyl sites for hydroxylation is 1. The lowest BCUT2D eigenvalue weighted by molar-refractivity contribution is -0.136. The van der Waals surface area contributed by atoms with Crippen molar-refractivity contribution in [2.75, 3.05) is 0 Å². The predicted octanol–water partition coefficient (Wildman–Crippen LogP) is 2.94. The Hall–Kier alpha value is -3.54. The quantitative estimate of drug-likeness (QED) is 0.464. The Labute approximate surface area is 176 Å². The molecular formula is C24H23BN2O3. The highest BCUT2D eigenvalue weighted by atomic mass is 16.5. The van der Waals surface area contributed by atoms with Crippen LogP contribution in [0.15, 0.2) is 73.1 Å². The smallest absolute Gasteiger partial charge is 0.303 e. The molecule has 1 aromatic heterocycles. The molecule has 0 spiro atoms. The summed E-state index contributed by atoms with van der Waals surface area (Å²) in [6.07, 6.45) is 2.56. The van der Waals surface area contributed by atoms with E-state index in [-0.39, 0.29) is 6.42 Å². The van der Waals surface area contributed by atoms with E-state index in [9.17, 15) is 4.79 Å². The van der Waals surface area contributed by atoms with Crippen LogP contribution < -0.4 is 10.2 Å². The number of para-hydroxylation sites is 1. The largest absolute Gasteiger partial charge is 0.489 e. The van der Waals surface area contributed by atoms with Gasteiger partial charge < -0.3 is 14.4 Å². The molecule has 0 saturated carbocycles. The molecule has 0 aliphatic carbocycles. The minimum Gasteiger partial charge on any atom is -0.489 e. The Balaban J connectivity index is 1.45. The Morgan fingerprint density at radius 2 is 1.80 bits per heavy atom. The van der Waals surface area contributed by atoms with Crippen molar-refractivity contribution in [2.45, 2.75) is 26.0 Å². The van der Waals surface area contributed by atoms with E-state index < -0.39 is 5.97 Å². The van der Waals surface area contributed by atoms with Crippen molar-refractivity contribution in [3.8, 4) is 5.75 Å². The molecule has 1 heterocycles. The highest BCUT2D eigenvalue weighted by molar-refractivity contribution is 6.33. The Kier molecular flexibility index (Phi) is 5.84. The number of aliphatic carboxylic acids is 1. The van der Waals surface area contributed by atoms with Crippen LogP contribution in [0.25, 0.3) is 11.0 Å². The molecule has 0 bridgehead atoms. The van der Waals surface area contributed by atoms with Crippen LogP contribution in [0, 0.1) is 0 Å². The van der Waals surface area contributed by atoms with Crippen LogP contribution in [-0.4, -0.2) is 28.5 Å². The second-order valence-corrected chi connectivity index (χ2v) is 7.47. The number of rotatable bonds is 8. The lowest BCUT2D eigenvalue weighted by Crippen LogP contribution is -2.04. The molecule has 0 unspecified atom stereocenters. The van der Waals surface area contributed by atoms with Gasteiger partial charge in [0.05, 0.1) is 23.9 Å². The zero-order valence-electron chi connectivity index (χ0n) is 16.9. The average Bonchev–Trinajstić information content (AvgIpc) is 3.14. The number of hydrogen-bond donors (Lipinski definition) is 1. The summed E-state index contributed by atoms with van der Waals surface area (Å²) in [7, 11) is 2.07. The minimum absolute atomic E-state index is 0.145. The highest BCUT2D eigenvalue weighted by Crippen LogP contribution is 2.22. The van der Waals surface area contributed by atoms with Gasteiger partial charge in [-0.25, -0.2) is 4.98 Å². The summed E-state index contributed by atoms with van der Waals surface area (Å²) in [6, 6.07) is 22.3. The van der Waals surface area contributed by atoms with Gasteiger partial charge in [0.2, 0.25) is 0 Å². The van der Waals surface area contributed by atoms with Crippen LogP contribution in [0.5, 0.6) is 5.75 Å². The van der Waals surface area contributed by atoms with Crippen LogP contribution in [0.2, 0.25) is 0 Å². The second kappa shape index (κ2) is 8.86. The van der Waals surface area contributed by atoms with E-state index in [0.717, 1.165) is 33.5 Å². The van der Waals surface area contributed by atoms with E-state index in [1.807, 2.05) is 48.8 Å². The molecule has 30 heavy (non-hydrogen) atoms. The molecule has 1 N–H and O–H groups in total. The number of carboxylic acids is 1. The molecule has 3 aromatic carbocycles. The number of carbonyl (C=O) groups is 1. The lowest BCUT2D eigenvalue weighted by atomic mass is 9.96. The topological polar surface area (TPSA) is 64.4 Å². The first-order valence-corrected chi connectivity index (χ1v) is 10.0. The minimum atomic E-state index is -0.778. The van der Waals surface area contributed by atoms with Gasteiger partial charge in [-0.05, 0) is 35.7 Å². The van der Waals surface area contributed by atoms with E-state index in [1.165, 1.54) is 5.46 Å². The summed E-state index contributed by atoms with van der Waals surface area (Å²) in [6.45, 7) is 1.14. The van der Waals surface area contributed by atoms with Gasteiger partial charge in [0.25, 0.3) is 0 Å². The maximum Gasteiger partial charge on any atom is 0.303 e. The maximum absolute atomic E-state index is 10.7. The summed E-state index contributed by atoms with van der Waals surface area (Å²) in [5.74, 6) is 0.0706. The predicted molar refractivity (Wildman–Crippen MR) is 120 cm³/mol. The summed E-state index contributed by atoms with van der Waals surface area (Å²) in [4.78, 5) is 15.2. The van der Waals surface area contributed by atoms with Crippen molar-refractivity contribution in [3.63, 3.8) is 0 Å². The fourth-order valence-corrected chi connectivity index (χ4v) is 3.47. The summed E-state index contributed by atoms with van der Waals surface area (Å²) >= 11 is 0. The van der Waals surface area contributed by atoms with E-state index >= 15 is 0 Å². The number of benzene rings is 3. The normalized spacial score (nSPS) is 10.9. The molecule has 0 amide bonds. The van der Waals surface area contributed by atoms with Crippen molar-refractivity contribution < 1.29 is 14.6 Å². The number of carboxylic acid groups (broad SMARTS) is 1. The molecule has 0 saturated heterocycles. The number of nitrogens with zero attached hydrogens (tertiary/aromatic N) is 2. The van der Waals surface area contributed by atoms with Gasteiger partial charge in [-0.1, -0.05) is 54.0 Å². The number of aromatic nitrogens is 2. The molecule has 6 heteroatoms. The van der Waals surface area contributed by atoms with Crippen molar-refractivity contribution in [1.29, 1.82) is 0 Å². The Morgan fingerprint density at radius 1 is 1.03 bits per heavy atom. The van der Waals surface area contributed by atoms with Crippen molar-refractivity contribution in [3.05, 3.63) is 89.7 Å². The lowest BCUT2D eigenvalue weighted by Gasteiger charge is -2.13. The van der Waals surface area contributed by atoms with Gasteiger partial charge in [0.1, 0.15) is 20.2 Å². The van der Waals surface area contributed by atoms with Crippen LogP contribution in [-0.2, 0) is 24.4 Å². The van der Waals surface area contributed by atoms with Gasteiger partial charge in [-0.3, -0.25) is 4.79 Å². The summed E-state index contributed by atoms with van der Waals surface area (Å²) < 4.78 is 8.25. The van der Waals surface area contributed by atoms with E-state index in [4.69, 9.17) is 9.84 Å². The monoisotopic (exact) mass is 398 g/mol. The number of fused-ring (bicyclic) bond motifs is 1. The summed E-state index contributed by atoms with van der Waals surface area (Å²) in [5.41, 5.74) is 6.46. The van der Waals surface area contributed by atoms with Crippen molar-refractivity contribution in [2.24, 2.45) is 0 Å². The van der Waals surface area contributed by atoms with Crippen molar-refractivity contribution >= 4 is 30.3 Å². The zero-order chi connectivity index (χ0) is 20.9. The first kappa shape index (κ1) is 19.8. The van der Waals surface area contributed by atoms with E-state index in [1.54, 1.807) is 0 Å². The molecule has 5 nitrogen and oxygen atoms in total. The SMILES string of the molecule is Bc1ccc2c(c1)ncn2Cc1ccccc1OCc1ccc(CCC(=O)O)cc1. The first-order valence-electron chi connectivity index (χ1n) is 10.0. The van der Waals surface area contributed by atoms with Gasteiger partial charge in [0, 0.05) is 12.0 Å². The fourth-order valence-electron chi connectivity index (χ4n) is 3.47. The average molecular weight is 398 g/mol. The third kappa shape index (κ3) is 4.71. The van der Waals surface area contributed by atoms with Gasteiger partial charge >= 0.3 is 5.97 Å². The molecule has 0 radical (unpaired) electrons. The molecule has 4 rings (SSSR count). The number of imidazole rings is 1. The third-order valence-electron chi connectivity index (χ3n) is 5.13. The van der Waals surface area contributed by atoms with Crippen LogP contribution in [0.1, 0.15) is 23.1 Å². The van der Waals surface area contributed by atoms with Crippen LogP contribution in [0.3, 0.4) is 0 Å². The standard InChI is InChI=1S/C24H23BN2O3/c25-20-10-11-22-21(13-20)26-16-27(22)14-19-3-1-2-4-23(19)30-15-18-7-5-17(6-8-18)9-12-24(28)29/h1-8,10-11,13,16H,9,12,14-15,25H2,(H,28,29). The number of hydrogen-bond acceptors (Lipinski definition) is 3. The molecule has 0 fully saturated rings. The van der Waals surface area contributed by atoms with Crippen LogP contribution in [0.4, 0.5) is 0 Å². The zero-order valence-corrected chi connectivity index (χ0v) is 16.9. The Morgan fingerprint density at radius 3 is 2.60 bits per heavy atom. The van der Waals surface area contributed by atoms with Crippen molar-refractivity contribution in [1.82, 2.24) is 9.55 Å². The third-order valence-corrected chi connectivity index (χ3v) is 5.13. The highest BCUT2D eigenvalue weighted by Gasteiger charge is 2.08. The van der Waals surface area contributed by atoms with Gasteiger partial charge in [-0.15, -0.1) is 0 Å². The Bertz CT molecular complexity index is 1170. The molecule has 0 aliphatic rings. The molecule has 4 aromatic rings. The first-order chi connectivity index (χ1) is 14.6. The number of ether oxygens (including phenoxy) is 1. The van der Waals surface area contributed by atoms with E-state index in [2.05, 4.69) is 41.7 Å². The molecular weight excluding hydrogens is 375 g/mol. The van der Waals surface area contributed by atoms with Gasteiger partial charge in [0.15, 0.2) is 0 Å². The maximum atomic E-state index is 10.7. The van der Waals surface area contributed by atoms with Gasteiger partial charge in [-0.2, -0.15) is 0 Å². The van der Waals surface area contributed by atoms with Crippen LogP contribution >= 0.6 is 0 Å². The molecule has 150 valence electrons. The molecule has 0 aliphatic heterocycles.